The van der Waals surface area contributed by atoms with Crippen LogP contribution in [0.5, 0.6) is 5.75 Å². The fourth-order valence-electron chi connectivity index (χ4n) is 1.98. The van der Waals surface area contributed by atoms with Crippen molar-refractivity contribution in [3.8, 4) is 5.75 Å². The Balaban J connectivity index is 2.33. The molecule has 0 bridgehead atoms. The minimum absolute atomic E-state index is 0.311. The second-order valence-corrected chi connectivity index (χ2v) is 6.00. The average molecular weight is 329 g/mol. The minimum atomic E-state index is 0.311. The van der Waals surface area contributed by atoms with Crippen molar-refractivity contribution in [1.29, 1.82) is 0 Å². The van der Waals surface area contributed by atoms with E-state index in [0.717, 1.165) is 36.2 Å². The Morgan fingerprint density at radius 1 is 1.37 bits per heavy atom. The molecule has 1 aromatic carbocycles. The van der Waals surface area contributed by atoms with Crippen molar-refractivity contribution in [3.63, 3.8) is 0 Å². The highest BCUT2D eigenvalue weighted by atomic mass is 79.9. The van der Waals surface area contributed by atoms with Gasteiger partial charge in [0.15, 0.2) is 0 Å². The molecule has 1 aromatic rings. The van der Waals surface area contributed by atoms with Crippen molar-refractivity contribution in [2.75, 3.05) is 27.2 Å². The summed E-state index contributed by atoms with van der Waals surface area (Å²) >= 11 is 3.52. The molecular formula is C15H25BrN2O. The largest absolute Gasteiger partial charge is 0.496 e. The van der Waals surface area contributed by atoms with Gasteiger partial charge in [-0.2, -0.15) is 0 Å². The van der Waals surface area contributed by atoms with E-state index >= 15 is 0 Å². The van der Waals surface area contributed by atoms with Crippen LogP contribution in [0, 0.1) is 0 Å². The lowest BCUT2D eigenvalue weighted by Crippen LogP contribution is -2.24. The molecule has 1 rings (SSSR count). The van der Waals surface area contributed by atoms with E-state index in [0.29, 0.717) is 6.04 Å². The molecule has 4 heteroatoms. The minimum Gasteiger partial charge on any atom is -0.496 e. The number of rotatable bonds is 8. The molecule has 1 atom stereocenters. The van der Waals surface area contributed by atoms with Crippen molar-refractivity contribution < 1.29 is 4.74 Å². The molecule has 0 radical (unpaired) electrons. The highest BCUT2D eigenvalue weighted by Gasteiger charge is 2.04. The maximum absolute atomic E-state index is 5.75. The number of nitrogens with two attached hydrogens (primary N) is 1. The zero-order chi connectivity index (χ0) is 14.3. The van der Waals surface area contributed by atoms with Crippen molar-refractivity contribution in [1.82, 2.24) is 4.90 Å². The summed E-state index contributed by atoms with van der Waals surface area (Å²) in [6.07, 6.45) is 3.32. The van der Waals surface area contributed by atoms with E-state index in [1.807, 2.05) is 6.07 Å². The highest BCUT2D eigenvalue weighted by molar-refractivity contribution is 9.10. The summed E-state index contributed by atoms with van der Waals surface area (Å²) in [6.45, 7) is 4.24. The smallest absolute Gasteiger partial charge is 0.133 e. The number of hydrogen-bond donors (Lipinski definition) is 1. The fourth-order valence-corrected chi connectivity index (χ4v) is 2.57. The van der Waals surface area contributed by atoms with Gasteiger partial charge >= 0.3 is 0 Å². The molecule has 0 aliphatic heterocycles. The first-order valence-electron chi connectivity index (χ1n) is 6.79. The van der Waals surface area contributed by atoms with Crippen LogP contribution in [0.2, 0.25) is 0 Å². The van der Waals surface area contributed by atoms with Gasteiger partial charge in [0.2, 0.25) is 0 Å². The van der Waals surface area contributed by atoms with Crippen molar-refractivity contribution in [3.05, 3.63) is 28.2 Å². The Kier molecular flexibility index (Phi) is 7.42. The van der Waals surface area contributed by atoms with Crippen LogP contribution in [0.1, 0.15) is 25.3 Å². The first-order valence-corrected chi connectivity index (χ1v) is 7.58. The molecular weight excluding hydrogens is 304 g/mol. The van der Waals surface area contributed by atoms with E-state index in [9.17, 15) is 0 Å². The molecule has 108 valence electrons. The lowest BCUT2D eigenvalue weighted by Gasteiger charge is -2.17. The van der Waals surface area contributed by atoms with Gasteiger partial charge in [-0.3, -0.25) is 0 Å². The van der Waals surface area contributed by atoms with Gasteiger partial charge in [-0.1, -0.05) is 6.07 Å². The Bertz CT molecular complexity index is 382. The summed E-state index contributed by atoms with van der Waals surface area (Å²) < 4.78 is 6.25. The zero-order valence-corrected chi connectivity index (χ0v) is 13.7. The van der Waals surface area contributed by atoms with E-state index < -0.39 is 0 Å². The molecule has 1 unspecified atom stereocenters. The predicted molar refractivity (Wildman–Crippen MR) is 84.8 cm³/mol. The fraction of sp³-hybridized carbons (Fsp3) is 0.600. The molecule has 0 heterocycles. The Morgan fingerprint density at radius 3 is 2.68 bits per heavy atom. The lowest BCUT2D eigenvalue weighted by molar-refractivity contribution is 0.326. The molecule has 0 aliphatic rings. The molecule has 2 N–H and O–H groups in total. The van der Waals surface area contributed by atoms with E-state index in [4.69, 9.17) is 10.5 Å². The predicted octanol–water partition coefficient (Wildman–Crippen LogP) is 3.06. The molecule has 0 saturated carbocycles. The molecule has 19 heavy (non-hydrogen) atoms. The molecule has 0 aliphatic carbocycles. The first kappa shape index (κ1) is 16.5. The van der Waals surface area contributed by atoms with Crippen molar-refractivity contribution in [2.45, 2.75) is 32.2 Å². The Morgan fingerprint density at radius 2 is 2.11 bits per heavy atom. The summed E-state index contributed by atoms with van der Waals surface area (Å²) in [5, 5.41) is 0. The van der Waals surface area contributed by atoms with E-state index in [-0.39, 0.29) is 0 Å². The summed E-state index contributed by atoms with van der Waals surface area (Å²) in [5.41, 5.74) is 7.08. The van der Waals surface area contributed by atoms with Gasteiger partial charge < -0.3 is 15.4 Å². The van der Waals surface area contributed by atoms with E-state index in [2.05, 4.69) is 46.9 Å². The van der Waals surface area contributed by atoms with Crippen molar-refractivity contribution >= 4 is 15.9 Å². The van der Waals surface area contributed by atoms with Gasteiger partial charge in [-0.15, -0.1) is 0 Å². The van der Waals surface area contributed by atoms with Gasteiger partial charge in [0.1, 0.15) is 5.75 Å². The Hall–Kier alpha value is -0.580. The molecule has 0 saturated heterocycles. The van der Waals surface area contributed by atoms with Gasteiger partial charge in [0.05, 0.1) is 11.6 Å². The molecule has 0 aromatic heterocycles. The monoisotopic (exact) mass is 328 g/mol. The van der Waals surface area contributed by atoms with E-state index in [1.54, 1.807) is 7.11 Å². The third-order valence-corrected chi connectivity index (χ3v) is 3.82. The quantitative estimate of drug-likeness (QED) is 0.797. The second kappa shape index (κ2) is 8.56. The van der Waals surface area contributed by atoms with Crippen molar-refractivity contribution in [2.24, 2.45) is 5.73 Å². The SMILES string of the molecule is COc1ccc(CCN(C)CCCC(C)N)cc1Br. The molecule has 0 spiro atoms. The van der Waals surface area contributed by atoms with Gasteiger partial charge in [-0.05, 0) is 73.4 Å². The van der Waals surface area contributed by atoms with E-state index in [1.165, 1.54) is 12.0 Å². The number of halogens is 1. The van der Waals surface area contributed by atoms with Crippen LogP contribution >= 0.6 is 15.9 Å². The Labute approximate surface area is 125 Å². The third kappa shape index (κ3) is 6.41. The first-order chi connectivity index (χ1) is 9.02. The van der Waals surface area contributed by atoms with Crippen LogP contribution in [-0.2, 0) is 6.42 Å². The van der Waals surface area contributed by atoms with Crippen LogP contribution < -0.4 is 10.5 Å². The van der Waals surface area contributed by atoms with Gasteiger partial charge in [-0.25, -0.2) is 0 Å². The molecule has 0 amide bonds. The van der Waals surface area contributed by atoms with Crippen LogP contribution in [0.4, 0.5) is 0 Å². The highest BCUT2D eigenvalue weighted by Crippen LogP contribution is 2.25. The summed E-state index contributed by atoms with van der Waals surface area (Å²) in [7, 11) is 3.85. The lowest BCUT2D eigenvalue weighted by atomic mass is 10.1. The number of benzene rings is 1. The normalized spacial score (nSPS) is 12.7. The summed E-state index contributed by atoms with van der Waals surface area (Å²) in [4.78, 5) is 2.36. The topological polar surface area (TPSA) is 38.5 Å². The maximum Gasteiger partial charge on any atom is 0.133 e. The van der Waals surface area contributed by atoms with Crippen LogP contribution in [-0.4, -0.2) is 38.2 Å². The molecule has 3 nitrogen and oxygen atoms in total. The summed E-state index contributed by atoms with van der Waals surface area (Å²) in [6, 6.07) is 6.58. The number of hydrogen-bond acceptors (Lipinski definition) is 3. The average Bonchev–Trinajstić information content (AvgIpc) is 2.36. The van der Waals surface area contributed by atoms with Gasteiger partial charge in [0.25, 0.3) is 0 Å². The number of nitrogens with zero attached hydrogens (tertiary/aromatic N) is 1. The van der Waals surface area contributed by atoms with Gasteiger partial charge in [0, 0.05) is 12.6 Å². The maximum atomic E-state index is 5.75. The second-order valence-electron chi connectivity index (χ2n) is 5.14. The third-order valence-electron chi connectivity index (χ3n) is 3.20. The number of likely N-dealkylation sites (N-methyl/N-ethyl adjacent to an activating group) is 1. The number of methoxy groups -OCH3 is 1. The van der Waals surface area contributed by atoms with Crippen LogP contribution in [0.15, 0.2) is 22.7 Å². The summed E-state index contributed by atoms with van der Waals surface area (Å²) in [5.74, 6) is 0.883. The molecule has 0 fully saturated rings. The zero-order valence-electron chi connectivity index (χ0n) is 12.2. The van der Waals surface area contributed by atoms with Crippen LogP contribution in [0.25, 0.3) is 0 Å². The number of ether oxygens (including phenoxy) is 1. The standard InChI is InChI=1S/C15H25BrN2O/c1-12(17)5-4-9-18(2)10-8-13-6-7-15(19-3)14(16)11-13/h6-7,11-12H,4-5,8-10,17H2,1-3H3. The van der Waals surface area contributed by atoms with Crippen LogP contribution in [0.3, 0.4) is 0 Å².